The van der Waals surface area contributed by atoms with Gasteiger partial charge in [-0.15, -0.1) is 21.5 Å². The molecule has 2 atom stereocenters. The summed E-state index contributed by atoms with van der Waals surface area (Å²) in [5.74, 6) is -1.45. The highest BCUT2D eigenvalue weighted by molar-refractivity contribution is 7.15. The Balaban J connectivity index is 0.816. The summed E-state index contributed by atoms with van der Waals surface area (Å²) in [4.78, 5) is 75.0. The minimum Gasteiger partial charge on any atom is -0.480 e. The van der Waals surface area contributed by atoms with Gasteiger partial charge in [0.05, 0.1) is 41.6 Å². The molecule has 7 aromatic rings. The van der Waals surface area contributed by atoms with Crippen molar-refractivity contribution in [2.24, 2.45) is 18.0 Å². The minimum absolute atomic E-state index is 0.0204. The number of thiophene rings is 1. The van der Waals surface area contributed by atoms with Crippen LogP contribution in [0.1, 0.15) is 95.8 Å². The van der Waals surface area contributed by atoms with Gasteiger partial charge < -0.3 is 25.5 Å². The molecule has 7 heterocycles. The topological polar surface area (TPSA) is 215 Å². The van der Waals surface area contributed by atoms with Crippen LogP contribution in [0.3, 0.4) is 0 Å². The highest BCUT2D eigenvalue weighted by atomic mass is 35.5. The fraction of sp³-hybridized carbons (Fsp3) is 0.396. The van der Waals surface area contributed by atoms with Crippen LogP contribution in [-0.2, 0) is 37.6 Å². The van der Waals surface area contributed by atoms with Crippen LogP contribution in [0.5, 0.6) is 0 Å². The van der Waals surface area contributed by atoms with Gasteiger partial charge in [0.1, 0.15) is 35.8 Å². The lowest BCUT2D eigenvalue weighted by Crippen LogP contribution is -2.40. The van der Waals surface area contributed by atoms with E-state index in [1.165, 1.54) is 10.9 Å². The summed E-state index contributed by atoms with van der Waals surface area (Å²) in [6.45, 7) is 6.93. The molecule has 21 heteroatoms. The average Bonchev–Trinajstić information content (AvgIpc) is 4.06. The Kier molecular flexibility index (Phi) is 14.2. The molecule has 2 saturated heterocycles. The highest BCUT2D eigenvalue weighted by Crippen LogP contribution is 2.42. The number of amides is 4. The number of hydrogen-bond donors (Lipinski definition) is 3. The number of nitrogens with zero attached hydrogens (tertiary/aromatic N) is 10. The molecule has 3 aromatic carbocycles. The summed E-state index contributed by atoms with van der Waals surface area (Å²) in [5.41, 5.74) is 6.79. The number of aromatic nitrogens is 7. The largest absolute Gasteiger partial charge is 0.480 e. The molecule has 74 heavy (non-hydrogen) atoms. The van der Waals surface area contributed by atoms with Gasteiger partial charge in [-0.25, -0.2) is 4.39 Å². The van der Waals surface area contributed by atoms with E-state index in [4.69, 9.17) is 26.8 Å². The average molecular weight is 1040 g/mol. The normalized spacial score (nSPS) is 17.1. The summed E-state index contributed by atoms with van der Waals surface area (Å²) >= 11 is 7.98. The Labute approximate surface area is 434 Å². The number of nitrogens with one attached hydrogen (secondary N) is 2. The fourth-order valence-electron chi connectivity index (χ4n) is 10.7. The van der Waals surface area contributed by atoms with Crippen LogP contribution in [0.25, 0.3) is 37.9 Å². The molecule has 0 bridgehead atoms. The molecular weight excluding hydrogens is 987 g/mol. The van der Waals surface area contributed by atoms with Gasteiger partial charge >= 0.3 is 5.97 Å². The molecule has 3 aliphatic rings. The SMILES string of the molecule is Cc1sc2c(c1C)C(c1ccc(Cl)cc1)=N[C@@H](CC(=O)N1CCCC(CC(=O)N3CCC(c4nn(CC(=O)NCC(=O)NCC(=O)O)c5cccc(-c6cc7c(cnn7C)cc6F)c45)CC3)CC1)c1nnc(C)n1-2. The van der Waals surface area contributed by atoms with Crippen LogP contribution in [0, 0.1) is 32.5 Å². The Morgan fingerprint density at radius 1 is 0.838 bits per heavy atom. The van der Waals surface area contributed by atoms with Crippen molar-refractivity contribution in [3.63, 3.8) is 0 Å². The Hall–Kier alpha value is -7.32. The van der Waals surface area contributed by atoms with Crippen molar-refractivity contribution in [1.29, 1.82) is 0 Å². The van der Waals surface area contributed by atoms with E-state index in [1.54, 1.807) is 46.1 Å². The van der Waals surface area contributed by atoms with E-state index in [2.05, 4.69) is 44.3 Å². The first kappa shape index (κ1) is 50.2. The maximum atomic E-state index is 16.1. The maximum Gasteiger partial charge on any atom is 0.322 e. The van der Waals surface area contributed by atoms with Crippen LogP contribution in [0.2, 0.25) is 5.02 Å². The number of rotatable bonds is 13. The number of aliphatic imine (C=N–C) groups is 1. The number of halogens is 2. The van der Waals surface area contributed by atoms with Crippen molar-refractivity contribution < 1.29 is 33.5 Å². The van der Waals surface area contributed by atoms with E-state index >= 15 is 4.39 Å². The third-order valence-corrected chi connectivity index (χ3v) is 16.2. The van der Waals surface area contributed by atoms with E-state index in [-0.39, 0.29) is 36.6 Å². The van der Waals surface area contributed by atoms with Gasteiger partial charge in [-0.05, 0) is 100 Å². The summed E-state index contributed by atoms with van der Waals surface area (Å²) < 4.78 is 21.3. The first-order valence-corrected chi connectivity index (χ1v) is 26.1. The van der Waals surface area contributed by atoms with E-state index in [9.17, 15) is 24.0 Å². The summed E-state index contributed by atoms with van der Waals surface area (Å²) in [6.07, 6.45) is 5.54. The lowest BCUT2D eigenvalue weighted by molar-refractivity contribution is -0.138. The second-order valence-electron chi connectivity index (χ2n) is 19.5. The smallest absolute Gasteiger partial charge is 0.322 e. The molecule has 384 valence electrons. The number of carboxylic acid groups (broad SMARTS) is 1. The molecule has 10 rings (SSSR count). The summed E-state index contributed by atoms with van der Waals surface area (Å²) in [7, 11) is 1.79. The van der Waals surface area contributed by atoms with Crippen molar-refractivity contribution in [1.82, 2.24) is 54.8 Å². The number of likely N-dealkylation sites (tertiary alicyclic amines) is 2. The summed E-state index contributed by atoms with van der Waals surface area (Å²) in [6, 6.07) is 15.7. The third kappa shape index (κ3) is 10.0. The maximum absolute atomic E-state index is 16.1. The number of carbonyl (C=O) groups is 5. The number of fused-ring (bicyclic) bond motifs is 5. The zero-order valence-electron chi connectivity index (χ0n) is 41.5. The standard InChI is InChI=1S/C53H56ClFN12O6S/c1-29-30(2)74-53-48(29)50(33-10-12-36(54)13-11-33)59-40(52-61-60-31(3)67(52)53)24-46(71)64-17-6-7-32(14-18-64)21-45(70)65-19-15-34(16-20-65)51-49-37(38-23-42-35(22-39(38)55)25-58-63(42)4)8-5-9-41(49)66(62-51)28-44(69)56-26-43(68)57-27-47(72)73/h5,8-13,22-23,25,32,34,40H,6-7,14-21,24,26-28H2,1-4H3,(H,56,69)(H,57,68)(H,72,73)/t32?,40-/m0/s1. The lowest BCUT2D eigenvalue weighted by Gasteiger charge is -2.32. The quantitative estimate of drug-likeness (QED) is 0.108. The van der Waals surface area contributed by atoms with Gasteiger partial charge in [-0.2, -0.15) is 10.2 Å². The second kappa shape index (κ2) is 20.9. The van der Waals surface area contributed by atoms with Crippen LogP contribution in [0.15, 0.2) is 65.8 Å². The molecule has 0 radical (unpaired) electrons. The van der Waals surface area contributed by atoms with Crippen molar-refractivity contribution in [3.8, 4) is 16.1 Å². The van der Waals surface area contributed by atoms with Gasteiger partial charge in [0, 0.05) is 82.9 Å². The van der Waals surface area contributed by atoms with Gasteiger partial charge in [0.2, 0.25) is 23.6 Å². The lowest BCUT2D eigenvalue weighted by atomic mass is 9.88. The van der Waals surface area contributed by atoms with Crippen LogP contribution in [0.4, 0.5) is 4.39 Å². The first-order valence-electron chi connectivity index (χ1n) is 24.9. The molecule has 4 amide bonds. The second-order valence-corrected chi connectivity index (χ2v) is 21.1. The number of carboxylic acids is 1. The third-order valence-electron chi connectivity index (χ3n) is 14.7. The molecule has 0 saturated carbocycles. The highest BCUT2D eigenvalue weighted by Gasteiger charge is 2.35. The van der Waals surface area contributed by atoms with E-state index in [0.29, 0.717) is 95.8 Å². The Morgan fingerprint density at radius 3 is 2.34 bits per heavy atom. The molecule has 4 aromatic heterocycles. The monoisotopic (exact) mass is 1040 g/mol. The molecule has 3 N–H and O–H groups in total. The number of aryl methyl sites for hydroxylation is 3. The van der Waals surface area contributed by atoms with Crippen molar-refractivity contribution in [2.75, 3.05) is 39.3 Å². The minimum atomic E-state index is -1.21. The van der Waals surface area contributed by atoms with E-state index in [0.717, 1.165) is 51.6 Å². The van der Waals surface area contributed by atoms with Crippen LogP contribution >= 0.6 is 22.9 Å². The molecule has 2 fully saturated rings. The van der Waals surface area contributed by atoms with Gasteiger partial charge in [-0.1, -0.05) is 35.9 Å². The zero-order valence-corrected chi connectivity index (χ0v) is 43.1. The number of hydrogen-bond acceptors (Lipinski definition) is 11. The molecule has 0 spiro atoms. The van der Waals surface area contributed by atoms with Crippen LogP contribution < -0.4 is 10.6 Å². The number of piperidine rings is 1. The molecule has 18 nitrogen and oxygen atoms in total. The number of benzene rings is 3. The van der Waals surface area contributed by atoms with Gasteiger partial charge in [0.25, 0.3) is 0 Å². The number of aliphatic carboxylic acids is 1. The Bertz CT molecular complexity index is 3390. The predicted molar refractivity (Wildman–Crippen MR) is 278 cm³/mol. The molecule has 0 aliphatic carbocycles. The number of carbonyl (C=O) groups excluding carboxylic acids is 4. The molecule has 1 unspecified atom stereocenters. The predicted octanol–water partition coefficient (Wildman–Crippen LogP) is 6.97. The van der Waals surface area contributed by atoms with Crippen LogP contribution in [-0.4, -0.2) is 124 Å². The van der Waals surface area contributed by atoms with E-state index in [1.807, 2.05) is 53.1 Å². The molecular formula is C53H56ClFN12O6S. The first-order chi connectivity index (χ1) is 35.6. The summed E-state index contributed by atoms with van der Waals surface area (Å²) in [5, 5.41) is 35.0. The molecule has 3 aliphatic heterocycles. The zero-order chi connectivity index (χ0) is 51.9. The van der Waals surface area contributed by atoms with Crippen molar-refractivity contribution in [2.45, 2.75) is 84.2 Å². The van der Waals surface area contributed by atoms with Crippen molar-refractivity contribution >= 4 is 80.1 Å². The Morgan fingerprint density at radius 2 is 1.57 bits per heavy atom. The fourth-order valence-corrected chi connectivity index (χ4v) is 12.0. The van der Waals surface area contributed by atoms with E-state index < -0.39 is 42.7 Å². The van der Waals surface area contributed by atoms with Crippen molar-refractivity contribution in [3.05, 3.63) is 111 Å². The van der Waals surface area contributed by atoms with Gasteiger partial charge in [-0.3, -0.25) is 42.9 Å². The van der Waals surface area contributed by atoms with Gasteiger partial charge in [0.15, 0.2) is 5.82 Å².